The molecule has 0 heterocycles. The molecule has 0 spiro atoms. The van der Waals surface area contributed by atoms with E-state index in [0.717, 1.165) is 76.0 Å². The number of rotatable bonds is 17. The van der Waals surface area contributed by atoms with Gasteiger partial charge in [-0.05, 0) is 0 Å². The van der Waals surface area contributed by atoms with Crippen LogP contribution in [0.2, 0.25) is 0 Å². The molecule has 0 fully saturated rings. The van der Waals surface area contributed by atoms with E-state index >= 15 is 0 Å². The van der Waals surface area contributed by atoms with E-state index in [1.807, 2.05) is 6.92 Å². The van der Waals surface area contributed by atoms with E-state index in [0.29, 0.717) is 6.61 Å². The first kappa shape index (κ1) is 25.5. The summed E-state index contributed by atoms with van der Waals surface area (Å²) in [6.07, 6.45) is 13.3. The molecule has 0 aliphatic rings. The molecule has 0 aromatic carbocycles. The molecule has 0 aromatic rings. The van der Waals surface area contributed by atoms with Crippen LogP contribution in [0.4, 0.5) is 0 Å². The predicted octanol–water partition coefficient (Wildman–Crippen LogP) is 7.46. The standard InChI is InChI=1S/C19H44O4P2/c1-7-12-16-25(17-13-8-2,18-14-9-3,19-15-10-4)23-24(20,21-6)22-11-5/h7-19H2,1-6H3. The number of phosphoric ester groups is 1. The molecule has 0 saturated carbocycles. The van der Waals surface area contributed by atoms with E-state index in [1.54, 1.807) is 0 Å². The van der Waals surface area contributed by atoms with E-state index in [1.165, 1.54) is 7.11 Å². The number of hydrogen-bond acceptors (Lipinski definition) is 4. The molecular weight excluding hydrogens is 354 g/mol. The summed E-state index contributed by atoms with van der Waals surface area (Å²) in [5.41, 5.74) is 0. The van der Waals surface area contributed by atoms with Gasteiger partial charge in [0.25, 0.3) is 0 Å². The Bertz CT molecular complexity index is 344. The second-order valence-electron chi connectivity index (χ2n) is 7.30. The fraction of sp³-hybridized carbons (Fsp3) is 1.00. The van der Waals surface area contributed by atoms with Gasteiger partial charge in [0.05, 0.1) is 0 Å². The summed E-state index contributed by atoms with van der Waals surface area (Å²) < 4.78 is 30.7. The van der Waals surface area contributed by atoms with Gasteiger partial charge in [0.1, 0.15) is 0 Å². The minimum atomic E-state index is -3.49. The van der Waals surface area contributed by atoms with E-state index in [9.17, 15) is 4.57 Å². The Balaban J connectivity index is 6.00. The molecule has 6 heteroatoms. The van der Waals surface area contributed by atoms with Gasteiger partial charge in [0.15, 0.2) is 0 Å². The minimum absolute atomic E-state index is 0.348. The fourth-order valence-electron chi connectivity index (χ4n) is 3.62. The van der Waals surface area contributed by atoms with Crippen LogP contribution < -0.4 is 0 Å². The topological polar surface area (TPSA) is 44.8 Å². The van der Waals surface area contributed by atoms with E-state index in [-0.39, 0.29) is 0 Å². The molecule has 0 bridgehead atoms. The summed E-state index contributed by atoms with van der Waals surface area (Å²) in [4.78, 5) is 0. The van der Waals surface area contributed by atoms with Gasteiger partial charge >= 0.3 is 157 Å². The quantitative estimate of drug-likeness (QED) is 0.238. The fourth-order valence-corrected chi connectivity index (χ4v) is 13.9. The zero-order valence-electron chi connectivity index (χ0n) is 17.7. The average molecular weight is 399 g/mol. The Labute approximate surface area is 157 Å². The predicted molar refractivity (Wildman–Crippen MR) is 113 cm³/mol. The molecule has 0 aliphatic carbocycles. The summed E-state index contributed by atoms with van der Waals surface area (Å²) in [7, 11) is -2.03. The van der Waals surface area contributed by atoms with E-state index in [4.69, 9.17) is 13.4 Å². The van der Waals surface area contributed by atoms with Crippen LogP contribution in [0.1, 0.15) is 86.0 Å². The van der Waals surface area contributed by atoms with Crippen molar-refractivity contribution in [3.8, 4) is 0 Å². The molecule has 0 saturated heterocycles. The molecule has 25 heavy (non-hydrogen) atoms. The number of unbranched alkanes of at least 4 members (excludes halogenated alkanes) is 4. The molecule has 0 N–H and O–H groups in total. The Kier molecular flexibility index (Phi) is 13.1. The Hall–Kier alpha value is 0.540. The van der Waals surface area contributed by atoms with E-state index in [2.05, 4.69) is 27.7 Å². The van der Waals surface area contributed by atoms with Crippen molar-refractivity contribution in [2.24, 2.45) is 0 Å². The summed E-state index contributed by atoms with van der Waals surface area (Å²) in [5, 5.41) is 0. The monoisotopic (exact) mass is 398 g/mol. The molecule has 0 aromatic heterocycles. The Morgan fingerprint density at radius 1 is 0.720 bits per heavy atom. The zero-order valence-corrected chi connectivity index (χ0v) is 19.5. The van der Waals surface area contributed by atoms with Gasteiger partial charge in [-0.3, -0.25) is 0 Å². The van der Waals surface area contributed by atoms with E-state index < -0.39 is 14.7 Å². The molecule has 1 atom stereocenters. The third-order valence-corrected chi connectivity index (χ3v) is 14.6. The zero-order chi connectivity index (χ0) is 19.3. The maximum atomic E-state index is 13.2. The van der Waals surface area contributed by atoms with Gasteiger partial charge in [0.2, 0.25) is 0 Å². The summed E-state index contributed by atoms with van der Waals surface area (Å²) >= 11 is 0. The molecule has 0 radical (unpaired) electrons. The summed E-state index contributed by atoms with van der Waals surface area (Å²) in [5.74, 6) is 0. The van der Waals surface area contributed by atoms with Crippen molar-refractivity contribution in [2.45, 2.75) is 86.0 Å². The van der Waals surface area contributed by atoms with Gasteiger partial charge in [-0.1, -0.05) is 0 Å². The first-order chi connectivity index (χ1) is 11.9. The Morgan fingerprint density at radius 3 is 1.32 bits per heavy atom. The van der Waals surface area contributed by atoms with Crippen molar-refractivity contribution in [2.75, 3.05) is 38.4 Å². The normalized spacial score (nSPS) is 16.3. The molecular formula is C19H44O4P2. The van der Waals surface area contributed by atoms with Gasteiger partial charge in [0, 0.05) is 0 Å². The first-order valence-corrected chi connectivity index (χ1v) is 14.8. The third kappa shape index (κ3) is 8.39. The van der Waals surface area contributed by atoms with Crippen LogP contribution in [-0.4, -0.2) is 38.4 Å². The molecule has 0 rings (SSSR count). The van der Waals surface area contributed by atoms with Gasteiger partial charge in [-0.15, -0.1) is 0 Å². The molecule has 4 nitrogen and oxygen atoms in total. The second-order valence-corrected chi connectivity index (χ2v) is 15.0. The van der Waals surface area contributed by atoms with Crippen molar-refractivity contribution in [3.05, 3.63) is 0 Å². The van der Waals surface area contributed by atoms with Crippen LogP contribution in [0, 0.1) is 0 Å². The first-order valence-electron chi connectivity index (χ1n) is 10.4. The van der Waals surface area contributed by atoms with Crippen molar-refractivity contribution in [3.63, 3.8) is 0 Å². The van der Waals surface area contributed by atoms with Crippen LogP contribution in [-0.2, 0) is 17.9 Å². The van der Waals surface area contributed by atoms with Crippen LogP contribution in [0.15, 0.2) is 0 Å². The van der Waals surface area contributed by atoms with Gasteiger partial charge < -0.3 is 0 Å². The van der Waals surface area contributed by atoms with Crippen molar-refractivity contribution < 1.29 is 17.9 Å². The van der Waals surface area contributed by atoms with Crippen molar-refractivity contribution in [1.82, 2.24) is 0 Å². The van der Waals surface area contributed by atoms with Crippen molar-refractivity contribution in [1.29, 1.82) is 0 Å². The SMILES string of the molecule is CCCCP(CCCC)(CCCC)(CCCC)OP(=O)(OC)OCC. The average Bonchev–Trinajstić information content (AvgIpc) is 2.62. The summed E-state index contributed by atoms with van der Waals surface area (Å²) in [6.45, 7) is 8.46. The van der Waals surface area contributed by atoms with Crippen LogP contribution in [0.5, 0.6) is 0 Å². The van der Waals surface area contributed by atoms with Gasteiger partial charge in [-0.2, -0.15) is 0 Å². The van der Waals surface area contributed by atoms with Crippen LogP contribution in [0.25, 0.3) is 0 Å². The molecule has 1 unspecified atom stereocenters. The number of hydrogen-bond donors (Lipinski definition) is 0. The Morgan fingerprint density at radius 2 is 1.08 bits per heavy atom. The summed E-state index contributed by atoms with van der Waals surface area (Å²) in [6, 6.07) is 0. The second kappa shape index (κ2) is 12.8. The molecule has 0 amide bonds. The van der Waals surface area contributed by atoms with Crippen molar-refractivity contribution >= 4 is 14.7 Å². The third-order valence-electron chi connectivity index (χ3n) is 5.15. The number of phosphoric acid groups is 1. The van der Waals surface area contributed by atoms with Gasteiger partial charge in [-0.25, -0.2) is 0 Å². The molecule has 154 valence electrons. The van der Waals surface area contributed by atoms with Crippen LogP contribution in [0.3, 0.4) is 0 Å². The molecule has 0 aliphatic heterocycles. The van der Waals surface area contributed by atoms with Crippen LogP contribution >= 0.6 is 14.7 Å². The maximum absolute atomic E-state index is 13.2.